The molecule has 2 heterocycles. The molecule has 8 heteroatoms. The molecule has 0 aliphatic carbocycles. The van der Waals surface area contributed by atoms with Gasteiger partial charge in [0.2, 0.25) is 0 Å². The summed E-state index contributed by atoms with van der Waals surface area (Å²) in [5.74, 6) is 0.678. The van der Waals surface area contributed by atoms with Gasteiger partial charge in [0.15, 0.2) is 5.03 Å². The molecule has 6 nitrogen and oxygen atoms in total. The normalized spacial score (nSPS) is 25.7. The molecule has 0 bridgehead atoms. The average molecular weight is 352 g/mol. The van der Waals surface area contributed by atoms with Crippen molar-refractivity contribution in [1.29, 1.82) is 0 Å². The molecular weight excluding hydrogens is 334 g/mol. The number of aromatic nitrogens is 2. The second kappa shape index (κ2) is 5.51. The van der Waals surface area contributed by atoms with E-state index in [9.17, 15) is 8.42 Å². The lowest BCUT2D eigenvalue weighted by molar-refractivity contribution is -0.0411. The van der Waals surface area contributed by atoms with Crippen LogP contribution in [0.4, 0.5) is 0 Å². The highest BCUT2D eigenvalue weighted by atomic mass is 79.9. The van der Waals surface area contributed by atoms with Crippen molar-refractivity contribution in [1.82, 2.24) is 13.9 Å². The quantitative estimate of drug-likeness (QED) is 0.759. The molecule has 2 unspecified atom stereocenters. The molecule has 1 aromatic rings. The van der Waals surface area contributed by atoms with Gasteiger partial charge in [0.1, 0.15) is 5.82 Å². The molecule has 108 valence electrons. The first-order valence-corrected chi connectivity index (χ1v) is 8.62. The minimum atomic E-state index is -3.54. The van der Waals surface area contributed by atoms with Crippen LogP contribution >= 0.6 is 15.9 Å². The SMILES string of the molecule is Cc1nc(S(=O)(=O)N2CC(C)OC(CBr)C2)cn1C. The zero-order valence-corrected chi connectivity index (χ0v) is 13.6. The summed E-state index contributed by atoms with van der Waals surface area (Å²) in [4.78, 5) is 4.11. The lowest BCUT2D eigenvalue weighted by Gasteiger charge is -2.34. The number of alkyl halides is 1. The number of hydrogen-bond donors (Lipinski definition) is 0. The van der Waals surface area contributed by atoms with Crippen LogP contribution in [0.15, 0.2) is 11.2 Å². The summed E-state index contributed by atoms with van der Waals surface area (Å²) in [5.41, 5.74) is 0. The molecule has 1 aliphatic rings. The highest BCUT2D eigenvalue weighted by molar-refractivity contribution is 9.09. The van der Waals surface area contributed by atoms with E-state index in [2.05, 4.69) is 20.9 Å². The van der Waals surface area contributed by atoms with Crippen molar-refractivity contribution in [3.8, 4) is 0 Å². The second-order valence-corrected chi connectivity index (χ2v) is 7.31. The van der Waals surface area contributed by atoms with Gasteiger partial charge in [-0.2, -0.15) is 4.31 Å². The fourth-order valence-electron chi connectivity index (χ4n) is 2.07. The van der Waals surface area contributed by atoms with Gasteiger partial charge >= 0.3 is 0 Å². The lowest BCUT2D eigenvalue weighted by Crippen LogP contribution is -2.49. The molecule has 1 aliphatic heterocycles. The van der Waals surface area contributed by atoms with Crippen molar-refractivity contribution in [3.05, 3.63) is 12.0 Å². The van der Waals surface area contributed by atoms with E-state index in [1.165, 1.54) is 4.31 Å². The average Bonchev–Trinajstić information content (AvgIpc) is 2.69. The Kier molecular flexibility index (Phi) is 4.34. The van der Waals surface area contributed by atoms with Crippen molar-refractivity contribution in [2.75, 3.05) is 18.4 Å². The van der Waals surface area contributed by atoms with Crippen LogP contribution in [0, 0.1) is 6.92 Å². The van der Waals surface area contributed by atoms with Gasteiger partial charge in [-0.3, -0.25) is 0 Å². The van der Waals surface area contributed by atoms with Gasteiger partial charge in [0, 0.05) is 31.7 Å². The van der Waals surface area contributed by atoms with Crippen molar-refractivity contribution in [2.24, 2.45) is 7.05 Å². The molecule has 1 fully saturated rings. The zero-order chi connectivity index (χ0) is 14.2. The van der Waals surface area contributed by atoms with E-state index in [-0.39, 0.29) is 17.2 Å². The fourth-order valence-corrected chi connectivity index (χ4v) is 4.00. The Bertz CT molecular complexity index is 538. The number of aryl methyl sites for hydroxylation is 2. The maximum atomic E-state index is 12.5. The van der Waals surface area contributed by atoms with Crippen LogP contribution in [0.3, 0.4) is 0 Å². The third-order valence-corrected chi connectivity index (χ3v) is 5.58. The summed E-state index contributed by atoms with van der Waals surface area (Å²) in [6, 6.07) is 0. The second-order valence-electron chi connectivity index (χ2n) is 4.78. The van der Waals surface area contributed by atoms with Gasteiger partial charge in [-0.1, -0.05) is 15.9 Å². The smallest absolute Gasteiger partial charge is 0.262 e. The predicted octanol–water partition coefficient (Wildman–Crippen LogP) is 0.901. The first kappa shape index (κ1) is 15.0. The third kappa shape index (κ3) is 3.01. The zero-order valence-electron chi connectivity index (χ0n) is 11.2. The third-order valence-electron chi connectivity index (χ3n) is 3.16. The van der Waals surface area contributed by atoms with Gasteiger partial charge in [-0.25, -0.2) is 13.4 Å². The van der Waals surface area contributed by atoms with E-state index in [0.29, 0.717) is 24.2 Å². The first-order valence-electron chi connectivity index (χ1n) is 6.06. The van der Waals surface area contributed by atoms with Crippen molar-refractivity contribution < 1.29 is 13.2 Å². The highest BCUT2D eigenvalue weighted by Gasteiger charge is 2.34. The molecule has 0 aromatic carbocycles. The molecule has 0 N–H and O–H groups in total. The summed E-state index contributed by atoms with van der Waals surface area (Å²) in [6.45, 7) is 4.37. The summed E-state index contributed by atoms with van der Waals surface area (Å²) in [6.07, 6.45) is 1.31. The van der Waals surface area contributed by atoms with E-state index >= 15 is 0 Å². The van der Waals surface area contributed by atoms with Gasteiger partial charge in [-0.15, -0.1) is 0 Å². The van der Waals surface area contributed by atoms with Crippen LogP contribution in [-0.2, 0) is 21.8 Å². The fraction of sp³-hybridized carbons (Fsp3) is 0.727. The molecule has 0 spiro atoms. The summed E-state index contributed by atoms with van der Waals surface area (Å²) >= 11 is 3.34. The number of morpholine rings is 1. The number of sulfonamides is 1. The molecule has 0 saturated carbocycles. The molecule has 0 radical (unpaired) electrons. The molecule has 2 rings (SSSR count). The van der Waals surface area contributed by atoms with Crippen LogP contribution < -0.4 is 0 Å². The molecule has 0 amide bonds. The number of rotatable bonds is 3. The number of imidazole rings is 1. The summed E-state index contributed by atoms with van der Waals surface area (Å²) in [7, 11) is -1.76. The van der Waals surface area contributed by atoms with Crippen molar-refractivity contribution in [3.63, 3.8) is 0 Å². The number of ether oxygens (including phenoxy) is 1. The van der Waals surface area contributed by atoms with Crippen molar-refractivity contribution in [2.45, 2.75) is 31.1 Å². The maximum Gasteiger partial charge on any atom is 0.262 e. The topological polar surface area (TPSA) is 64.4 Å². The Labute approximate surface area is 121 Å². The van der Waals surface area contributed by atoms with Crippen LogP contribution in [0.2, 0.25) is 0 Å². The standard InChI is InChI=1S/C11H18BrN3O3S/c1-8-5-15(6-10(4-12)18-8)19(16,17)11-7-14(3)9(2)13-11/h7-8,10H,4-6H2,1-3H3. The van der Waals surface area contributed by atoms with Gasteiger partial charge in [-0.05, 0) is 13.8 Å². The Morgan fingerprint density at radius 3 is 2.74 bits per heavy atom. The molecule has 1 saturated heterocycles. The van der Waals surface area contributed by atoms with Gasteiger partial charge in [0.05, 0.1) is 12.2 Å². The van der Waals surface area contributed by atoms with Gasteiger partial charge < -0.3 is 9.30 Å². The first-order chi connectivity index (χ1) is 8.84. The predicted molar refractivity (Wildman–Crippen MR) is 74.8 cm³/mol. The van der Waals surface area contributed by atoms with Crippen molar-refractivity contribution >= 4 is 26.0 Å². The van der Waals surface area contributed by atoms with Gasteiger partial charge in [0.25, 0.3) is 10.0 Å². The Balaban J connectivity index is 2.28. The van der Waals surface area contributed by atoms with E-state index in [4.69, 9.17) is 4.74 Å². The van der Waals surface area contributed by atoms with E-state index in [1.807, 2.05) is 6.92 Å². The number of nitrogens with zero attached hydrogens (tertiary/aromatic N) is 3. The van der Waals surface area contributed by atoms with Crippen LogP contribution in [0.25, 0.3) is 0 Å². The molecule has 19 heavy (non-hydrogen) atoms. The molecule has 2 atom stereocenters. The summed E-state index contributed by atoms with van der Waals surface area (Å²) in [5, 5.41) is 0.722. The lowest BCUT2D eigenvalue weighted by atomic mass is 10.3. The highest BCUT2D eigenvalue weighted by Crippen LogP contribution is 2.21. The van der Waals surface area contributed by atoms with E-state index < -0.39 is 10.0 Å². The van der Waals surface area contributed by atoms with E-state index in [0.717, 1.165) is 0 Å². The monoisotopic (exact) mass is 351 g/mol. The minimum Gasteiger partial charge on any atom is -0.372 e. The summed E-state index contributed by atoms with van der Waals surface area (Å²) < 4.78 is 33.9. The Morgan fingerprint density at radius 1 is 1.53 bits per heavy atom. The van der Waals surface area contributed by atoms with Crippen LogP contribution in [0.1, 0.15) is 12.7 Å². The molecular formula is C11H18BrN3O3S. The molecule has 1 aromatic heterocycles. The van der Waals surface area contributed by atoms with Crippen LogP contribution in [0.5, 0.6) is 0 Å². The number of hydrogen-bond acceptors (Lipinski definition) is 4. The largest absolute Gasteiger partial charge is 0.372 e. The maximum absolute atomic E-state index is 12.5. The number of halogens is 1. The van der Waals surface area contributed by atoms with Crippen LogP contribution in [-0.4, -0.2) is 52.9 Å². The van der Waals surface area contributed by atoms with E-state index in [1.54, 1.807) is 24.7 Å². The Hall–Kier alpha value is -0.440. The Morgan fingerprint density at radius 2 is 2.21 bits per heavy atom. The minimum absolute atomic E-state index is 0.106.